The molecule has 0 spiro atoms. The van der Waals surface area contributed by atoms with Crippen LogP contribution in [-0.4, -0.2) is 20.2 Å². The third kappa shape index (κ3) is 2.91. The minimum atomic E-state index is -0.451. The fraction of sp³-hybridized carbons (Fsp3) is 0.188. The molecule has 0 amide bonds. The van der Waals surface area contributed by atoms with Crippen molar-refractivity contribution in [3.63, 3.8) is 0 Å². The number of carbonyl (C=O) groups excluding carboxylic acids is 1. The molecule has 0 saturated heterocycles. The van der Waals surface area contributed by atoms with Crippen LogP contribution in [0.4, 0.5) is 0 Å². The lowest BCUT2D eigenvalue weighted by molar-refractivity contribution is 0.0724. The Morgan fingerprint density at radius 2 is 1.45 bits per heavy atom. The lowest BCUT2D eigenvalue weighted by Crippen LogP contribution is -2.10. The van der Waals surface area contributed by atoms with E-state index in [1.165, 1.54) is 14.2 Å². The largest absolute Gasteiger partial charge is 0.493 e. The van der Waals surface area contributed by atoms with E-state index in [0.717, 1.165) is 5.56 Å². The van der Waals surface area contributed by atoms with E-state index in [2.05, 4.69) is 0 Å². The molecule has 0 unspecified atom stereocenters. The van der Waals surface area contributed by atoms with Gasteiger partial charge in [-0.2, -0.15) is 0 Å². The van der Waals surface area contributed by atoms with Gasteiger partial charge < -0.3 is 14.2 Å². The first-order valence-corrected chi connectivity index (χ1v) is 6.15. The highest BCUT2D eigenvalue weighted by atomic mass is 16.6. The molecule has 0 aliphatic rings. The van der Waals surface area contributed by atoms with Crippen LogP contribution in [0.2, 0.25) is 0 Å². The number of benzene rings is 2. The van der Waals surface area contributed by atoms with Gasteiger partial charge in [-0.05, 0) is 31.2 Å². The van der Waals surface area contributed by atoms with Crippen molar-refractivity contribution in [1.29, 1.82) is 0 Å². The summed E-state index contributed by atoms with van der Waals surface area (Å²) in [6, 6.07) is 12.3. The van der Waals surface area contributed by atoms with E-state index in [-0.39, 0.29) is 5.75 Å². The van der Waals surface area contributed by atoms with Gasteiger partial charge in [0.1, 0.15) is 0 Å². The zero-order chi connectivity index (χ0) is 14.5. The predicted octanol–water partition coefficient (Wildman–Crippen LogP) is 3.23. The second-order valence-corrected chi connectivity index (χ2v) is 4.25. The zero-order valence-corrected chi connectivity index (χ0v) is 11.7. The van der Waals surface area contributed by atoms with Gasteiger partial charge in [0, 0.05) is 0 Å². The van der Waals surface area contributed by atoms with Crippen LogP contribution >= 0.6 is 0 Å². The molecule has 0 heterocycles. The van der Waals surface area contributed by atoms with Crippen LogP contribution < -0.4 is 14.2 Å². The minimum absolute atomic E-state index is 0.281. The standard InChI is InChI=1S/C16H16O4/c1-11-7-9-12(10-8-11)16(17)20-15-13(18-2)5-4-6-14(15)19-3/h4-10H,1-3H3. The maximum atomic E-state index is 12.1. The molecular formula is C16H16O4. The van der Waals surface area contributed by atoms with Gasteiger partial charge in [-0.15, -0.1) is 0 Å². The molecule has 2 aromatic carbocycles. The van der Waals surface area contributed by atoms with Crippen LogP contribution in [0.1, 0.15) is 15.9 Å². The zero-order valence-electron chi connectivity index (χ0n) is 11.7. The molecule has 4 heteroatoms. The molecule has 4 nitrogen and oxygen atoms in total. The summed E-state index contributed by atoms with van der Waals surface area (Å²) in [5.41, 5.74) is 1.56. The van der Waals surface area contributed by atoms with Gasteiger partial charge in [0.15, 0.2) is 11.5 Å². The number of para-hydroxylation sites is 1. The minimum Gasteiger partial charge on any atom is -0.493 e. The van der Waals surface area contributed by atoms with E-state index < -0.39 is 5.97 Å². The Morgan fingerprint density at radius 1 is 0.900 bits per heavy atom. The maximum Gasteiger partial charge on any atom is 0.343 e. The monoisotopic (exact) mass is 272 g/mol. The molecule has 0 fully saturated rings. The van der Waals surface area contributed by atoms with Crippen LogP contribution in [0, 0.1) is 6.92 Å². The number of carbonyl (C=O) groups is 1. The molecule has 0 N–H and O–H groups in total. The summed E-state index contributed by atoms with van der Waals surface area (Å²) >= 11 is 0. The molecule has 104 valence electrons. The van der Waals surface area contributed by atoms with Crippen molar-refractivity contribution in [2.45, 2.75) is 6.92 Å². The van der Waals surface area contributed by atoms with E-state index in [9.17, 15) is 4.79 Å². The smallest absolute Gasteiger partial charge is 0.343 e. The molecule has 0 saturated carbocycles. The van der Waals surface area contributed by atoms with Crippen LogP contribution in [0.5, 0.6) is 17.2 Å². The van der Waals surface area contributed by atoms with E-state index >= 15 is 0 Å². The van der Waals surface area contributed by atoms with E-state index in [0.29, 0.717) is 17.1 Å². The fourth-order valence-electron chi connectivity index (χ4n) is 1.76. The number of ether oxygens (including phenoxy) is 3. The second kappa shape index (κ2) is 6.10. The lowest BCUT2D eigenvalue weighted by Gasteiger charge is -2.12. The third-order valence-electron chi connectivity index (χ3n) is 2.86. The molecule has 2 aromatic rings. The number of hydrogen-bond acceptors (Lipinski definition) is 4. The Hall–Kier alpha value is -2.49. The number of esters is 1. The summed E-state index contributed by atoms with van der Waals surface area (Å²) in [6.45, 7) is 1.96. The van der Waals surface area contributed by atoms with Crippen LogP contribution in [0.15, 0.2) is 42.5 Å². The van der Waals surface area contributed by atoms with Crippen molar-refractivity contribution in [3.05, 3.63) is 53.6 Å². The van der Waals surface area contributed by atoms with Gasteiger partial charge in [0.05, 0.1) is 19.8 Å². The predicted molar refractivity (Wildman–Crippen MR) is 75.7 cm³/mol. The highest BCUT2D eigenvalue weighted by Crippen LogP contribution is 2.37. The maximum absolute atomic E-state index is 12.1. The number of rotatable bonds is 4. The molecule has 0 aliphatic heterocycles. The Labute approximate surface area is 117 Å². The first kappa shape index (κ1) is 13.9. The quantitative estimate of drug-likeness (QED) is 0.633. The number of aryl methyl sites for hydroxylation is 1. The molecule has 20 heavy (non-hydrogen) atoms. The van der Waals surface area contributed by atoms with Crippen molar-refractivity contribution in [2.75, 3.05) is 14.2 Å². The summed E-state index contributed by atoms with van der Waals surface area (Å²) in [5.74, 6) is 0.727. The Morgan fingerprint density at radius 3 is 1.95 bits per heavy atom. The van der Waals surface area contributed by atoms with Crippen LogP contribution in [0.3, 0.4) is 0 Å². The van der Waals surface area contributed by atoms with Gasteiger partial charge in [-0.3, -0.25) is 0 Å². The average molecular weight is 272 g/mol. The van der Waals surface area contributed by atoms with Gasteiger partial charge in [0.2, 0.25) is 5.75 Å². The van der Waals surface area contributed by atoms with Crippen molar-refractivity contribution in [1.82, 2.24) is 0 Å². The van der Waals surface area contributed by atoms with Crippen molar-refractivity contribution >= 4 is 5.97 Å². The third-order valence-corrected chi connectivity index (χ3v) is 2.86. The summed E-state index contributed by atoms with van der Waals surface area (Å²) in [6.07, 6.45) is 0. The summed E-state index contributed by atoms with van der Waals surface area (Å²) < 4.78 is 15.8. The highest BCUT2D eigenvalue weighted by molar-refractivity contribution is 5.91. The van der Waals surface area contributed by atoms with Gasteiger partial charge in [0.25, 0.3) is 0 Å². The number of methoxy groups -OCH3 is 2. The summed E-state index contributed by atoms with van der Waals surface area (Å²) in [4.78, 5) is 12.1. The molecule has 0 atom stereocenters. The fourth-order valence-corrected chi connectivity index (χ4v) is 1.76. The van der Waals surface area contributed by atoms with Crippen molar-refractivity contribution in [3.8, 4) is 17.2 Å². The van der Waals surface area contributed by atoms with E-state index in [4.69, 9.17) is 14.2 Å². The van der Waals surface area contributed by atoms with E-state index in [1.807, 2.05) is 19.1 Å². The first-order chi connectivity index (χ1) is 9.65. The lowest BCUT2D eigenvalue weighted by atomic mass is 10.1. The van der Waals surface area contributed by atoms with Gasteiger partial charge >= 0.3 is 5.97 Å². The molecule has 0 bridgehead atoms. The highest BCUT2D eigenvalue weighted by Gasteiger charge is 2.16. The SMILES string of the molecule is COc1cccc(OC)c1OC(=O)c1ccc(C)cc1. The Balaban J connectivity index is 2.29. The number of hydrogen-bond donors (Lipinski definition) is 0. The van der Waals surface area contributed by atoms with Crippen molar-refractivity contribution in [2.24, 2.45) is 0 Å². The average Bonchev–Trinajstić information content (AvgIpc) is 2.48. The van der Waals surface area contributed by atoms with Crippen LogP contribution in [0.25, 0.3) is 0 Å². The van der Waals surface area contributed by atoms with Crippen molar-refractivity contribution < 1.29 is 19.0 Å². The van der Waals surface area contributed by atoms with E-state index in [1.54, 1.807) is 30.3 Å². The normalized spacial score (nSPS) is 9.95. The molecular weight excluding hydrogens is 256 g/mol. The van der Waals surface area contributed by atoms with Gasteiger partial charge in [-0.1, -0.05) is 23.8 Å². The molecule has 0 aromatic heterocycles. The molecule has 2 rings (SSSR count). The topological polar surface area (TPSA) is 44.8 Å². The second-order valence-electron chi connectivity index (χ2n) is 4.25. The summed E-state index contributed by atoms with van der Waals surface area (Å²) in [7, 11) is 3.02. The Kier molecular flexibility index (Phi) is 4.25. The molecule has 0 aliphatic carbocycles. The van der Waals surface area contributed by atoms with Crippen LogP contribution in [-0.2, 0) is 0 Å². The van der Waals surface area contributed by atoms with Gasteiger partial charge in [-0.25, -0.2) is 4.79 Å². The Bertz CT molecular complexity index is 580. The summed E-state index contributed by atoms with van der Waals surface area (Å²) in [5, 5.41) is 0. The first-order valence-electron chi connectivity index (χ1n) is 6.15. The molecule has 0 radical (unpaired) electrons.